The van der Waals surface area contributed by atoms with E-state index < -0.39 is 0 Å². The summed E-state index contributed by atoms with van der Waals surface area (Å²) >= 11 is 5.90. The summed E-state index contributed by atoms with van der Waals surface area (Å²) in [7, 11) is 0. The van der Waals surface area contributed by atoms with E-state index in [-0.39, 0.29) is 12.5 Å². The highest BCUT2D eigenvalue weighted by Crippen LogP contribution is 2.22. The molecular formula is C16H14ClN3O. The van der Waals surface area contributed by atoms with E-state index in [2.05, 4.69) is 5.32 Å². The molecule has 3 aromatic rings. The van der Waals surface area contributed by atoms with Crippen molar-refractivity contribution >= 4 is 39.8 Å². The second-order valence-electron chi connectivity index (χ2n) is 4.78. The van der Waals surface area contributed by atoms with E-state index in [1.807, 2.05) is 35.0 Å². The number of nitrogens with one attached hydrogen (secondary N) is 1. The second kappa shape index (κ2) is 5.50. The third kappa shape index (κ3) is 2.85. The Labute approximate surface area is 127 Å². The number of hydrogen-bond acceptors (Lipinski definition) is 2. The number of nitrogens with zero attached hydrogens (tertiary/aromatic N) is 1. The Morgan fingerprint density at radius 2 is 2.00 bits per heavy atom. The lowest BCUT2D eigenvalue weighted by Gasteiger charge is -2.08. The molecule has 3 rings (SSSR count). The lowest BCUT2D eigenvalue weighted by molar-refractivity contribution is -0.116. The summed E-state index contributed by atoms with van der Waals surface area (Å²) in [5.41, 5.74) is 8.25. The van der Waals surface area contributed by atoms with Crippen LogP contribution in [0.25, 0.3) is 10.9 Å². The van der Waals surface area contributed by atoms with E-state index in [1.54, 1.807) is 24.3 Å². The van der Waals surface area contributed by atoms with Crippen LogP contribution in [0, 0.1) is 0 Å². The van der Waals surface area contributed by atoms with Crippen molar-refractivity contribution in [3.05, 3.63) is 59.8 Å². The number of carbonyl (C=O) groups is 1. The van der Waals surface area contributed by atoms with Crippen LogP contribution in [0.4, 0.5) is 11.4 Å². The first-order chi connectivity index (χ1) is 10.1. The van der Waals surface area contributed by atoms with Crippen LogP contribution >= 0.6 is 11.6 Å². The van der Waals surface area contributed by atoms with Crippen molar-refractivity contribution in [2.24, 2.45) is 0 Å². The number of rotatable bonds is 3. The van der Waals surface area contributed by atoms with Gasteiger partial charge in [0, 0.05) is 28.0 Å². The molecule has 1 amide bonds. The number of hydrogen-bond donors (Lipinski definition) is 2. The van der Waals surface area contributed by atoms with E-state index in [0.29, 0.717) is 16.4 Å². The Morgan fingerprint density at radius 3 is 2.81 bits per heavy atom. The number of nitrogens with two attached hydrogens (primary N) is 1. The summed E-state index contributed by atoms with van der Waals surface area (Å²) in [5.74, 6) is -0.114. The summed E-state index contributed by atoms with van der Waals surface area (Å²) in [6.07, 6.45) is 1.86. The Balaban J connectivity index is 1.79. The molecule has 0 spiro atoms. The van der Waals surface area contributed by atoms with Crippen molar-refractivity contribution in [1.82, 2.24) is 4.57 Å². The Kier molecular flexibility index (Phi) is 3.54. The molecule has 1 aromatic heterocycles. The summed E-state index contributed by atoms with van der Waals surface area (Å²) in [5, 5.41) is 4.37. The molecule has 0 saturated heterocycles. The van der Waals surface area contributed by atoms with Crippen molar-refractivity contribution in [3.63, 3.8) is 0 Å². The molecule has 0 aliphatic carbocycles. The van der Waals surface area contributed by atoms with Crippen LogP contribution < -0.4 is 11.1 Å². The second-order valence-corrected chi connectivity index (χ2v) is 5.22. The standard InChI is InChI=1S/C16H14ClN3O/c17-11-3-1-4-12(9-11)19-16(21)10-20-8-7-13-14(18)5-2-6-15(13)20/h1-9H,10,18H2,(H,19,21). The zero-order chi connectivity index (χ0) is 14.8. The van der Waals surface area contributed by atoms with Crippen molar-refractivity contribution in [1.29, 1.82) is 0 Å². The van der Waals surface area contributed by atoms with E-state index in [0.717, 1.165) is 10.9 Å². The molecule has 4 nitrogen and oxygen atoms in total. The van der Waals surface area contributed by atoms with E-state index in [1.165, 1.54) is 0 Å². The lowest BCUT2D eigenvalue weighted by atomic mass is 10.2. The van der Waals surface area contributed by atoms with E-state index >= 15 is 0 Å². The van der Waals surface area contributed by atoms with Gasteiger partial charge in [0.15, 0.2) is 0 Å². The van der Waals surface area contributed by atoms with Crippen molar-refractivity contribution in [2.45, 2.75) is 6.54 Å². The van der Waals surface area contributed by atoms with Gasteiger partial charge in [-0.1, -0.05) is 23.7 Å². The first kappa shape index (κ1) is 13.5. The molecule has 0 unspecified atom stereocenters. The molecular weight excluding hydrogens is 286 g/mol. The van der Waals surface area contributed by atoms with Gasteiger partial charge in [-0.15, -0.1) is 0 Å². The number of fused-ring (bicyclic) bond motifs is 1. The predicted molar refractivity (Wildman–Crippen MR) is 86.4 cm³/mol. The zero-order valence-electron chi connectivity index (χ0n) is 11.2. The van der Waals surface area contributed by atoms with Crippen LogP contribution in [0.15, 0.2) is 54.7 Å². The van der Waals surface area contributed by atoms with Crippen LogP contribution in [0.2, 0.25) is 5.02 Å². The van der Waals surface area contributed by atoms with Gasteiger partial charge in [0.2, 0.25) is 5.91 Å². The molecule has 21 heavy (non-hydrogen) atoms. The molecule has 0 saturated carbocycles. The Bertz CT molecular complexity index is 810. The molecule has 0 atom stereocenters. The number of nitrogen functional groups attached to an aromatic ring is 1. The first-order valence-corrected chi connectivity index (χ1v) is 6.90. The largest absolute Gasteiger partial charge is 0.398 e. The van der Waals surface area contributed by atoms with Crippen LogP contribution in [0.1, 0.15) is 0 Å². The molecule has 2 aromatic carbocycles. The third-order valence-corrected chi connectivity index (χ3v) is 3.50. The first-order valence-electron chi connectivity index (χ1n) is 6.52. The summed E-state index contributed by atoms with van der Waals surface area (Å²) in [6, 6.07) is 14.7. The van der Waals surface area contributed by atoms with Crippen molar-refractivity contribution in [2.75, 3.05) is 11.1 Å². The normalized spacial score (nSPS) is 10.7. The van der Waals surface area contributed by atoms with Gasteiger partial charge in [0.05, 0.1) is 5.52 Å². The van der Waals surface area contributed by atoms with E-state index in [9.17, 15) is 4.79 Å². The molecule has 0 radical (unpaired) electrons. The number of benzene rings is 2. The van der Waals surface area contributed by atoms with Gasteiger partial charge in [-0.3, -0.25) is 4.79 Å². The fraction of sp³-hybridized carbons (Fsp3) is 0.0625. The van der Waals surface area contributed by atoms with Gasteiger partial charge in [0.25, 0.3) is 0 Å². The average Bonchev–Trinajstić information content (AvgIpc) is 2.83. The van der Waals surface area contributed by atoms with Gasteiger partial charge >= 0.3 is 0 Å². The molecule has 1 heterocycles. The van der Waals surface area contributed by atoms with Crippen LogP contribution in [-0.4, -0.2) is 10.5 Å². The summed E-state index contributed by atoms with van der Waals surface area (Å²) in [6.45, 7) is 0.222. The average molecular weight is 300 g/mol. The maximum atomic E-state index is 12.1. The van der Waals surface area contributed by atoms with Gasteiger partial charge in [-0.2, -0.15) is 0 Å². The minimum absolute atomic E-state index is 0.114. The highest BCUT2D eigenvalue weighted by Gasteiger charge is 2.08. The fourth-order valence-electron chi connectivity index (χ4n) is 2.31. The van der Waals surface area contributed by atoms with Gasteiger partial charge in [-0.05, 0) is 36.4 Å². The molecule has 3 N–H and O–H groups in total. The van der Waals surface area contributed by atoms with Crippen LogP contribution in [0.5, 0.6) is 0 Å². The monoisotopic (exact) mass is 299 g/mol. The minimum atomic E-state index is -0.114. The van der Waals surface area contributed by atoms with Crippen molar-refractivity contribution < 1.29 is 4.79 Å². The topological polar surface area (TPSA) is 60.0 Å². The molecule has 0 aliphatic heterocycles. The highest BCUT2D eigenvalue weighted by molar-refractivity contribution is 6.30. The predicted octanol–water partition coefficient (Wildman–Crippen LogP) is 3.52. The zero-order valence-corrected chi connectivity index (χ0v) is 12.0. The smallest absolute Gasteiger partial charge is 0.244 e. The van der Waals surface area contributed by atoms with Crippen molar-refractivity contribution in [3.8, 4) is 0 Å². The fourth-order valence-corrected chi connectivity index (χ4v) is 2.50. The molecule has 106 valence electrons. The SMILES string of the molecule is Nc1cccc2c1ccn2CC(=O)Nc1cccc(Cl)c1. The maximum Gasteiger partial charge on any atom is 0.244 e. The summed E-state index contributed by atoms with van der Waals surface area (Å²) in [4.78, 5) is 12.1. The number of carbonyl (C=O) groups excluding carboxylic acids is 1. The molecule has 0 fully saturated rings. The lowest BCUT2D eigenvalue weighted by Crippen LogP contribution is -2.18. The molecule has 5 heteroatoms. The maximum absolute atomic E-state index is 12.1. The Morgan fingerprint density at radius 1 is 1.19 bits per heavy atom. The molecule has 0 bridgehead atoms. The Hall–Kier alpha value is -2.46. The summed E-state index contributed by atoms with van der Waals surface area (Å²) < 4.78 is 1.87. The van der Waals surface area contributed by atoms with E-state index in [4.69, 9.17) is 17.3 Å². The molecule has 0 aliphatic rings. The highest BCUT2D eigenvalue weighted by atomic mass is 35.5. The number of anilines is 2. The third-order valence-electron chi connectivity index (χ3n) is 3.27. The minimum Gasteiger partial charge on any atom is -0.398 e. The quantitative estimate of drug-likeness (QED) is 0.727. The van der Waals surface area contributed by atoms with Crippen LogP contribution in [0.3, 0.4) is 0 Å². The number of aromatic nitrogens is 1. The van der Waals surface area contributed by atoms with Gasteiger partial charge < -0.3 is 15.6 Å². The number of halogens is 1. The van der Waals surface area contributed by atoms with Crippen LogP contribution in [-0.2, 0) is 11.3 Å². The van der Waals surface area contributed by atoms with Gasteiger partial charge in [-0.25, -0.2) is 0 Å². The number of amides is 1. The van der Waals surface area contributed by atoms with Gasteiger partial charge in [0.1, 0.15) is 6.54 Å².